The molecule has 5 nitrogen and oxygen atoms in total. The predicted molar refractivity (Wildman–Crippen MR) is 107 cm³/mol. The fourth-order valence-electron chi connectivity index (χ4n) is 3.39. The van der Waals surface area contributed by atoms with Crippen LogP contribution in [-0.2, 0) is 11.4 Å². The third kappa shape index (κ3) is 5.04. The van der Waals surface area contributed by atoms with E-state index in [1.807, 2.05) is 24.3 Å². The van der Waals surface area contributed by atoms with Crippen molar-refractivity contribution in [1.82, 2.24) is 4.98 Å². The molecule has 2 heterocycles. The van der Waals surface area contributed by atoms with Crippen molar-refractivity contribution in [3.8, 4) is 22.6 Å². The molecule has 142 valence electrons. The van der Waals surface area contributed by atoms with E-state index < -0.39 is 0 Å². The molecule has 1 N–H and O–H groups in total. The number of anilines is 1. The number of carbonyl (C=O) groups excluding carboxylic acids is 1. The third-order valence-electron chi connectivity index (χ3n) is 4.32. The molecule has 2 aromatic rings. The number of hydrogen-bond donors (Lipinski definition) is 1. The van der Waals surface area contributed by atoms with Gasteiger partial charge in [-0.3, -0.25) is 4.79 Å². The van der Waals surface area contributed by atoms with Crippen molar-refractivity contribution in [1.29, 1.82) is 0 Å². The number of pyridine rings is 1. The third-order valence-corrected chi connectivity index (χ3v) is 4.97. The Bertz CT molecular complexity index is 849. The van der Waals surface area contributed by atoms with E-state index in [4.69, 9.17) is 9.47 Å². The van der Waals surface area contributed by atoms with Gasteiger partial charge >= 0.3 is 158 Å². The van der Waals surface area contributed by atoms with E-state index in [-0.39, 0.29) is 10.1 Å². The van der Waals surface area contributed by atoms with Gasteiger partial charge in [0, 0.05) is 6.92 Å². The molecule has 2 radical (unpaired) electrons. The van der Waals surface area contributed by atoms with Crippen LogP contribution in [0.5, 0.6) is 11.5 Å². The number of rotatable bonds is 6. The van der Waals surface area contributed by atoms with Gasteiger partial charge in [-0.15, -0.1) is 0 Å². The first kappa shape index (κ1) is 19.8. The van der Waals surface area contributed by atoms with Crippen LogP contribution in [0.1, 0.15) is 39.7 Å². The van der Waals surface area contributed by atoms with Crippen LogP contribution in [0.25, 0.3) is 11.1 Å². The summed E-state index contributed by atoms with van der Waals surface area (Å²) in [6, 6.07) is 7.92. The van der Waals surface area contributed by atoms with Crippen molar-refractivity contribution in [2.24, 2.45) is 5.92 Å². The summed E-state index contributed by atoms with van der Waals surface area (Å²) in [5.41, 5.74) is 3.07. The summed E-state index contributed by atoms with van der Waals surface area (Å²) < 4.78 is 12.0. The molecule has 1 unspecified atom stereocenters. The molecule has 0 spiro atoms. The standard InChI is InChI=1S/C21H25AsN2O3/c1-13(2)9-21(4,22)12-27-16-5-6-17-15(7-16)11-26-19-10-23-20(8-18(17)19)24-14(3)25/h5-8,10,13H,9,11-12H2,1-4H3,(H,23,24,25). The second-order valence-corrected chi connectivity index (χ2v) is 10.0. The van der Waals surface area contributed by atoms with Gasteiger partial charge in [0.1, 0.15) is 0 Å². The van der Waals surface area contributed by atoms with Gasteiger partial charge in [-0.2, -0.15) is 0 Å². The molecule has 0 aliphatic carbocycles. The first-order valence-corrected chi connectivity index (χ1v) is 10.1. The van der Waals surface area contributed by atoms with Crippen LogP contribution in [0.15, 0.2) is 30.5 Å². The van der Waals surface area contributed by atoms with Gasteiger partial charge in [0.05, 0.1) is 0 Å². The summed E-state index contributed by atoms with van der Waals surface area (Å²) in [6.07, 6.45) is 2.74. The maximum atomic E-state index is 11.3. The van der Waals surface area contributed by atoms with Crippen molar-refractivity contribution in [2.45, 2.75) is 44.9 Å². The van der Waals surface area contributed by atoms with Crippen LogP contribution in [0.4, 0.5) is 5.82 Å². The Labute approximate surface area is 169 Å². The minimum absolute atomic E-state index is 0.0686. The zero-order chi connectivity index (χ0) is 19.6. The molecule has 1 aliphatic rings. The Balaban J connectivity index is 1.80. The average molecular weight is 428 g/mol. The van der Waals surface area contributed by atoms with Crippen LogP contribution >= 0.6 is 0 Å². The number of ether oxygens (including phenoxy) is 2. The number of nitrogens with zero attached hydrogens (tertiary/aromatic N) is 1. The molecule has 1 amide bonds. The summed E-state index contributed by atoms with van der Waals surface area (Å²) in [5.74, 6) is 2.57. The molecular formula is C21H25AsN2O3. The molecular weight excluding hydrogens is 403 g/mol. The molecule has 0 saturated carbocycles. The van der Waals surface area contributed by atoms with Crippen molar-refractivity contribution in [2.75, 3.05) is 11.9 Å². The zero-order valence-electron chi connectivity index (χ0n) is 16.2. The SMILES string of the molecule is CC(=O)Nc1cc2c(cn1)OCc1cc(OCC(C)([As])CC(C)C)ccc1-2. The van der Waals surface area contributed by atoms with E-state index in [0.29, 0.717) is 24.9 Å². The Kier molecular flexibility index (Phi) is 5.80. The van der Waals surface area contributed by atoms with Crippen molar-refractivity contribution in [3.05, 3.63) is 36.0 Å². The van der Waals surface area contributed by atoms with Gasteiger partial charge in [0.2, 0.25) is 0 Å². The quantitative estimate of drug-likeness (QED) is 0.695. The van der Waals surface area contributed by atoms with Crippen molar-refractivity contribution in [3.63, 3.8) is 0 Å². The topological polar surface area (TPSA) is 60.5 Å². The normalized spacial score (nSPS) is 14.6. The minimum atomic E-state index is -0.148. The number of aromatic nitrogens is 1. The Morgan fingerprint density at radius 3 is 2.85 bits per heavy atom. The van der Waals surface area contributed by atoms with Crippen LogP contribution in [0.2, 0.25) is 4.20 Å². The summed E-state index contributed by atoms with van der Waals surface area (Å²) in [5, 5.41) is 2.72. The molecule has 3 rings (SSSR count). The molecule has 1 aromatic carbocycles. The zero-order valence-corrected chi connectivity index (χ0v) is 18.1. The van der Waals surface area contributed by atoms with E-state index in [0.717, 1.165) is 34.6 Å². The van der Waals surface area contributed by atoms with Gasteiger partial charge < -0.3 is 0 Å². The second kappa shape index (κ2) is 7.93. The van der Waals surface area contributed by atoms with Crippen LogP contribution in [0.3, 0.4) is 0 Å². The molecule has 0 saturated heterocycles. The predicted octanol–water partition coefficient (Wildman–Crippen LogP) is 4.37. The Morgan fingerprint density at radius 1 is 1.37 bits per heavy atom. The molecule has 27 heavy (non-hydrogen) atoms. The number of nitrogens with one attached hydrogen (secondary N) is 1. The fourth-order valence-corrected chi connectivity index (χ4v) is 4.29. The second-order valence-electron chi connectivity index (χ2n) is 7.74. The van der Waals surface area contributed by atoms with Gasteiger partial charge in [0.25, 0.3) is 0 Å². The van der Waals surface area contributed by atoms with E-state index in [1.54, 1.807) is 6.20 Å². The van der Waals surface area contributed by atoms with Crippen molar-refractivity contribution >= 4 is 28.6 Å². The maximum absolute atomic E-state index is 11.3. The van der Waals surface area contributed by atoms with E-state index in [1.165, 1.54) is 6.92 Å². The molecule has 6 heteroatoms. The number of benzene rings is 1. The van der Waals surface area contributed by atoms with Crippen LogP contribution in [-0.4, -0.2) is 34.4 Å². The number of fused-ring (bicyclic) bond motifs is 3. The van der Waals surface area contributed by atoms with E-state index in [9.17, 15) is 4.79 Å². The fraction of sp³-hybridized carbons (Fsp3) is 0.429. The van der Waals surface area contributed by atoms with Crippen LogP contribution < -0.4 is 14.8 Å². The first-order chi connectivity index (χ1) is 12.7. The first-order valence-electron chi connectivity index (χ1n) is 9.12. The molecule has 1 atom stereocenters. The van der Waals surface area contributed by atoms with E-state index >= 15 is 0 Å². The summed E-state index contributed by atoms with van der Waals surface area (Å²) >= 11 is 2.75. The van der Waals surface area contributed by atoms with Gasteiger partial charge in [-0.25, -0.2) is 0 Å². The molecule has 0 bridgehead atoms. The molecule has 1 aliphatic heterocycles. The monoisotopic (exact) mass is 428 g/mol. The summed E-state index contributed by atoms with van der Waals surface area (Å²) in [6.45, 7) is 9.26. The van der Waals surface area contributed by atoms with Gasteiger partial charge in [-0.1, -0.05) is 0 Å². The van der Waals surface area contributed by atoms with E-state index in [2.05, 4.69) is 47.9 Å². The van der Waals surface area contributed by atoms with Crippen LogP contribution in [0, 0.1) is 5.92 Å². The summed E-state index contributed by atoms with van der Waals surface area (Å²) in [4.78, 5) is 15.5. The Hall–Kier alpha value is -2.00. The Morgan fingerprint density at radius 2 is 2.15 bits per heavy atom. The molecule has 0 fully saturated rings. The number of amides is 1. The van der Waals surface area contributed by atoms with Gasteiger partial charge in [0.15, 0.2) is 0 Å². The van der Waals surface area contributed by atoms with Crippen molar-refractivity contribution < 1.29 is 14.3 Å². The number of hydrogen-bond acceptors (Lipinski definition) is 4. The average Bonchev–Trinajstić information content (AvgIpc) is 2.58. The molecule has 1 aromatic heterocycles. The number of carbonyl (C=O) groups is 1. The van der Waals surface area contributed by atoms with Gasteiger partial charge in [-0.05, 0) is 0 Å². The summed E-state index contributed by atoms with van der Waals surface area (Å²) in [7, 11) is 0.